The summed E-state index contributed by atoms with van der Waals surface area (Å²) in [6.45, 7) is 3.83. The first-order valence-corrected chi connectivity index (χ1v) is 10.5. The van der Waals surface area contributed by atoms with Crippen molar-refractivity contribution in [2.24, 2.45) is 5.92 Å². The van der Waals surface area contributed by atoms with E-state index in [2.05, 4.69) is 28.1 Å². The molecule has 0 spiro atoms. The highest BCUT2D eigenvalue weighted by Crippen LogP contribution is 2.30. The number of aromatic nitrogens is 2. The summed E-state index contributed by atoms with van der Waals surface area (Å²) >= 11 is 0. The van der Waals surface area contributed by atoms with Crippen molar-refractivity contribution in [1.82, 2.24) is 14.9 Å². The van der Waals surface area contributed by atoms with Crippen LogP contribution in [0.5, 0.6) is 0 Å². The fraction of sp³-hybridized carbons (Fsp3) is 0.320. The first-order chi connectivity index (χ1) is 14.7. The van der Waals surface area contributed by atoms with Crippen molar-refractivity contribution in [3.8, 4) is 12.3 Å². The highest BCUT2D eigenvalue weighted by Gasteiger charge is 2.26. The molecule has 0 radical (unpaired) electrons. The molecule has 3 aromatic rings. The molecular weight excluding hydrogens is 372 g/mol. The fourth-order valence-electron chi connectivity index (χ4n) is 3.62. The first-order valence-electron chi connectivity index (χ1n) is 10.5. The van der Waals surface area contributed by atoms with Gasteiger partial charge in [0.1, 0.15) is 12.1 Å². The molecule has 1 heterocycles. The number of fused-ring (bicyclic) bond motifs is 1. The number of nitrogens with one attached hydrogen (secondary N) is 1. The van der Waals surface area contributed by atoms with E-state index in [1.54, 1.807) is 6.33 Å². The number of rotatable bonds is 8. The molecule has 152 valence electrons. The zero-order chi connectivity index (χ0) is 20.9. The van der Waals surface area contributed by atoms with Crippen LogP contribution in [0.3, 0.4) is 0 Å². The lowest BCUT2D eigenvalue weighted by atomic mass is 10.1. The van der Waals surface area contributed by atoms with Crippen LogP contribution in [0.4, 0.5) is 11.5 Å². The summed E-state index contributed by atoms with van der Waals surface area (Å²) in [7, 11) is 0. The molecule has 5 nitrogen and oxygen atoms in total. The maximum absolute atomic E-state index is 12.9. The minimum Gasteiger partial charge on any atom is -0.342 e. The summed E-state index contributed by atoms with van der Waals surface area (Å²) in [5, 5.41) is 4.22. The molecule has 4 rings (SSSR count). The van der Waals surface area contributed by atoms with Crippen LogP contribution in [0.1, 0.15) is 37.3 Å². The smallest absolute Gasteiger partial charge is 0.226 e. The van der Waals surface area contributed by atoms with Crippen LogP contribution < -0.4 is 5.32 Å². The zero-order valence-corrected chi connectivity index (χ0v) is 17.3. The lowest BCUT2D eigenvalue weighted by molar-refractivity contribution is -0.130. The minimum absolute atomic E-state index is 0.191. The van der Waals surface area contributed by atoms with Crippen molar-refractivity contribution >= 4 is 28.3 Å². The predicted molar refractivity (Wildman–Crippen MR) is 120 cm³/mol. The lowest BCUT2D eigenvalue weighted by Gasteiger charge is -2.22. The monoisotopic (exact) mass is 398 g/mol. The molecule has 5 heteroatoms. The molecular formula is C25H26N4O. The molecule has 0 unspecified atom stereocenters. The number of terminal acetylenes is 1. The Kier molecular flexibility index (Phi) is 5.94. The van der Waals surface area contributed by atoms with Crippen molar-refractivity contribution in [3.05, 3.63) is 59.9 Å². The Morgan fingerprint density at radius 3 is 2.87 bits per heavy atom. The van der Waals surface area contributed by atoms with E-state index >= 15 is 0 Å². The zero-order valence-electron chi connectivity index (χ0n) is 17.3. The molecule has 30 heavy (non-hydrogen) atoms. The second kappa shape index (κ2) is 8.96. The molecule has 1 aliphatic rings. The number of carbonyl (C=O) groups is 1. The number of nitrogens with zero attached hydrogens (tertiary/aromatic N) is 3. The van der Waals surface area contributed by atoms with Gasteiger partial charge in [-0.05, 0) is 61.1 Å². The van der Waals surface area contributed by atoms with Crippen LogP contribution in [0, 0.1) is 18.3 Å². The number of amides is 1. The minimum atomic E-state index is 0.191. The maximum atomic E-state index is 12.9. The Labute approximate surface area is 177 Å². The fourth-order valence-corrected chi connectivity index (χ4v) is 3.62. The number of carbonyl (C=O) groups excluding carboxylic acids is 1. The van der Waals surface area contributed by atoms with Gasteiger partial charge in [-0.25, -0.2) is 9.97 Å². The van der Waals surface area contributed by atoms with Gasteiger partial charge >= 0.3 is 0 Å². The average molecular weight is 399 g/mol. The number of hydrogen-bond donors (Lipinski definition) is 1. The molecule has 1 fully saturated rings. The van der Waals surface area contributed by atoms with Gasteiger partial charge in [0.2, 0.25) is 5.91 Å². The third kappa shape index (κ3) is 4.77. The lowest BCUT2D eigenvalue weighted by Crippen LogP contribution is -2.34. The molecule has 1 saturated carbocycles. The summed E-state index contributed by atoms with van der Waals surface area (Å²) in [6, 6.07) is 13.6. The van der Waals surface area contributed by atoms with E-state index in [9.17, 15) is 4.79 Å². The van der Waals surface area contributed by atoms with Gasteiger partial charge in [0.25, 0.3) is 0 Å². The van der Waals surface area contributed by atoms with Crippen molar-refractivity contribution < 1.29 is 4.79 Å². The van der Waals surface area contributed by atoms with Gasteiger partial charge in [0.15, 0.2) is 0 Å². The molecule has 2 aromatic carbocycles. The summed E-state index contributed by atoms with van der Waals surface area (Å²) in [4.78, 5) is 23.7. The van der Waals surface area contributed by atoms with E-state index < -0.39 is 0 Å². The Hall–Kier alpha value is -3.39. The van der Waals surface area contributed by atoms with Crippen molar-refractivity contribution in [2.75, 3.05) is 18.4 Å². The Morgan fingerprint density at radius 2 is 2.10 bits per heavy atom. The summed E-state index contributed by atoms with van der Waals surface area (Å²) in [5.41, 5.74) is 3.47. The predicted octanol–water partition coefficient (Wildman–Crippen LogP) is 4.55. The second-order valence-electron chi connectivity index (χ2n) is 7.88. The third-order valence-corrected chi connectivity index (χ3v) is 5.37. The summed E-state index contributed by atoms with van der Waals surface area (Å²) < 4.78 is 0. The van der Waals surface area contributed by atoms with Crippen molar-refractivity contribution in [2.45, 2.75) is 32.6 Å². The second-order valence-corrected chi connectivity index (χ2v) is 7.88. The van der Waals surface area contributed by atoms with Crippen molar-refractivity contribution in [1.29, 1.82) is 0 Å². The Morgan fingerprint density at radius 1 is 1.23 bits per heavy atom. The van der Waals surface area contributed by atoms with Crippen LogP contribution in [0.15, 0.2) is 48.8 Å². The van der Waals surface area contributed by atoms with E-state index in [1.807, 2.05) is 47.4 Å². The largest absolute Gasteiger partial charge is 0.342 e. The average Bonchev–Trinajstić information content (AvgIpc) is 3.58. The van der Waals surface area contributed by atoms with Gasteiger partial charge in [-0.15, -0.1) is 6.42 Å². The standard InChI is InChI=1S/C25H26N4O/c1-3-12-29(16-19-8-9-19)24(30)15-20-10-11-23-22(14-20)25(27-17-26-23)28-21-7-5-6-18(4-2)13-21/h2,5-7,10-11,13-14,17,19H,3,8-9,12,15-16H2,1H3,(H,26,27,28). The van der Waals surface area contributed by atoms with Crippen LogP contribution >= 0.6 is 0 Å². The SMILES string of the molecule is C#Cc1cccc(Nc2ncnc3ccc(CC(=O)N(CCC)CC4CC4)cc23)c1. The van der Waals surface area contributed by atoms with Crippen LogP contribution in [0.25, 0.3) is 10.9 Å². The quantitative estimate of drug-likeness (QED) is 0.566. The molecule has 1 amide bonds. The van der Waals surface area contributed by atoms with E-state index in [0.717, 1.165) is 47.2 Å². The van der Waals surface area contributed by atoms with Gasteiger partial charge in [-0.3, -0.25) is 4.79 Å². The normalized spacial score (nSPS) is 13.1. The highest BCUT2D eigenvalue weighted by molar-refractivity contribution is 5.92. The molecule has 1 N–H and O–H groups in total. The van der Waals surface area contributed by atoms with Gasteiger partial charge in [-0.1, -0.05) is 25.0 Å². The number of anilines is 2. The van der Waals surface area contributed by atoms with Gasteiger partial charge in [0.05, 0.1) is 11.9 Å². The van der Waals surface area contributed by atoms with E-state index in [4.69, 9.17) is 6.42 Å². The molecule has 0 aliphatic heterocycles. The van der Waals surface area contributed by atoms with E-state index in [-0.39, 0.29) is 5.91 Å². The number of benzene rings is 2. The van der Waals surface area contributed by atoms with Crippen LogP contribution in [-0.4, -0.2) is 33.9 Å². The van der Waals surface area contributed by atoms with Gasteiger partial charge in [-0.2, -0.15) is 0 Å². The third-order valence-electron chi connectivity index (χ3n) is 5.37. The molecule has 1 aliphatic carbocycles. The highest BCUT2D eigenvalue weighted by atomic mass is 16.2. The van der Waals surface area contributed by atoms with Crippen LogP contribution in [-0.2, 0) is 11.2 Å². The van der Waals surface area contributed by atoms with Gasteiger partial charge < -0.3 is 10.2 Å². The van der Waals surface area contributed by atoms with Crippen LogP contribution in [0.2, 0.25) is 0 Å². The van der Waals surface area contributed by atoms with Gasteiger partial charge in [0, 0.05) is 29.7 Å². The molecule has 0 saturated heterocycles. The summed E-state index contributed by atoms with van der Waals surface area (Å²) in [5.74, 6) is 4.23. The maximum Gasteiger partial charge on any atom is 0.226 e. The first kappa shape index (κ1) is 19.9. The number of hydrogen-bond acceptors (Lipinski definition) is 4. The summed E-state index contributed by atoms with van der Waals surface area (Å²) in [6.07, 6.45) is 10.9. The molecule has 0 bridgehead atoms. The topological polar surface area (TPSA) is 58.1 Å². The molecule has 0 atom stereocenters. The van der Waals surface area contributed by atoms with Crippen molar-refractivity contribution in [3.63, 3.8) is 0 Å². The van der Waals surface area contributed by atoms with E-state index in [1.165, 1.54) is 12.8 Å². The molecule has 1 aromatic heterocycles. The van der Waals surface area contributed by atoms with E-state index in [0.29, 0.717) is 18.2 Å². The Bertz CT molecular complexity index is 1100. The Balaban J connectivity index is 1.57.